The monoisotopic (exact) mass is 204 g/mol. The topological polar surface area (TPSA) is 55.8 Å². The van der Waals surface area contributed by atoms with Crippen LogP contribution >= 0.6 is 0 Å². The van der Waals surface area contributed by atoms with Gasteiger partial charge >= 0.3 is 5.97 Å². The van der Waals surface area contributed by atoms with Crippen molar-refractivity contribution < 1.29 is 19.4 Å². The fourth-order valence-electron chi connectivity index (χ4n) is 0.873. The molecule has 1 fully saturated rings. The van der Waals surface area contributed by atoms with Crippen LogP contribution in [0, 0.1) is 5.41 Å². The van der Waals surface area contributed by atoms with Gasteiger partial charge in [-0.15, -0.1) is 0 Å². The summed E-state index contributed by atoms with van der Waals surface area (Å²) in [6, 6.07) is 0. The zero-order valence-corrected chi connectivity index (χ0v) is 9.59. The summed E-state index contributed by atoms with van der Waals surface area (Å²) < 4.78 is 10.5. The van der Waals surface area contributed by atoms with Crippen molar-refractivity contribution >= 4 is 5.97 Å². The molecule has 1 saturated heterocycles. The van der Waals surface area contributed by atoms with Crippen LogP contribution in [0.15, 0.2) is 0 Å². The second kappa shape index (κ2) is 4.75. The van der Waals surface area contributed by atoms with E-state index in [4.69, 9.17) is 14.6 Å². The molecule has 0 aromatic rings. The number of aliphatic carboxylic acids is 1. The Morgan fingerprint density at radius 3 is 1.79 bits per heavy atom. The molecule has 0 saturated carbocycles. The Labute approximate surface area is 85.2 Å². The molecule has 1 rings (SSSR count). The lowest BCUT2D eigenvalue weighted by Gasteiger charge is -2.38. The summed E-state index contributed by atoms with van der Waals surface area (Å²) in [5.41, 5.74) is -0.893. The molecule has 0 amide bonds. The summed E-state index contributed by atoms with van der Waals surface area (Å²) in [4.78, 5) is 10.7. The summed E-state index contributed by atoms with van der Waals surface area (Å²) in [6.07, 6.45) is 0. The molecule has 0 radical (unpaired) electrons. The largest absolute Gasteiger partial charge is 0.481 e. The standard InChI is InChI=1S/C8H14O4.C2H6/c1-7(2)11-4-8(3,5-12-7)6(9)10;1-2/h4-5H2,1-3H3,(H,9,10);1-2H3. The number of carbonyl (C=O) groups is 1. The predicted molar refractivity (Wildman–Crippen MR) is 53.1 cm³/mol. The Kier molecular flexibility index (Phi) is 4.55. The van der Waals surface area contributed by atoms with Crippen molar-refractivity contribution in [2.75, 3.05) is 13.2 Å². The predicted octanol–water partition coefficient (Wildman–Crippen LogP) is 1.89. The van der Waals surface area contributed by atoms with E-state index >= 15 is 0 Å². The molecule has 1 aliphatic rings. The highest BCUT2D eigenvalue weighted by Crippen LogP contribution is 2.29. The van der Waals surface area contributed by atoms with E-state index in [1.807, 2.05) is 13.8 Å². The van der Waals surface area contributed by atoms with Crippen molar-refractivity contribution in [3.8, 4) is 0 Å². The maximum absolute atomic E-state index is 10.7. The first-order valence-electron chi connectivity index (χ1n) is 4.87. The number of rotatable bonds is 1. The van der Waals surface area contributed by atoms with Gasteiger partial charge in [-0.1, -0.05) is 13.8 Å². The first-order chi connectivity index (χ1) is 6.36. The summed E-state index contributed by atoms with van der Waals surface area (Å²) >= 11 is 0. The van der Waals surface area contributed by atoms with Gasteiger partial charge in [0.05, 0.1) is 13.2 Å². The van der Waals surface area contributed by atoms with Crippen LogP contribution in [0.4, 0.5) is 0 Å². The van der Waals surface area contributed by atoms with E-state index in [1.165, 1.54) is 0 Å². The van der Waals surface area contributed by atoms with Gasteiger partial charge in [0, 0.05) is 0 Å². The fraction of sp³-hybridized carbons (Fsp3) is 0.900. The Bertz CT molecular complexity index is 188. The second-order valence-electron chi connectivity index (χ2n) is 3.84. The van der Waals surface area contributed by atoms with Crippen molar-refractivity contribution in [1.82, 2.24) is 0 Å². The van der Waals surface area contributed by atoms with Crippen LogP contribution in [0.2, 0.25) is 0 Å². The number of ether oxygens (including phenoxy) is 2. The van der Waals surface area contributed by atoms with Crippen LogP contribution in [0.1, 0.15) is 34.6 Å². The van der Waals surface area contributed by atoms with Crippen LogP contribution in [0.3, 0.4) is 0 Å². The van der Waals surface area contributed by atoms with Crippen molar-refractivity contribution in [1.29, 1.82) is 0 Å². The Hall–Kier alpha value is -0.610. The van der Waals surface area contributed by atoms with E-state index in [1.54, 1.807) is 20.8 Å². The van der Waals surface area contributed by atoms with E-state index in [-0.39, 0.29) is 13.2 Å². The highest BCUT2D eigenvalue weighted by molar-refractivity contribution is 5.74. The molecule has 1 heterocycles. The second-order valence-corrected chi connectivity index (χ2v) is 3.84. The lowest BCUT2D eigenvalue weighted by molar-refractivity contribution is -0.280. The van der Waals surface area contributed by atoms with Crippen molar-refractivity contribution in [3.05, 3.63) is 0 Å². The van der Waals surface area contributed by atoms with Gasteiger partial charge < -0.3 is 14.6 Å². The molecule has 0 atom stereocenters. The molecular formula is C10H20O4. The first-order valence-corrected chi connectivity index (χ1v) is 4.87. The third kappa shape index (κ3) is 3.27. The first kappa shape index (κ1) is 13.4. The Balaban J connectivity index is 0.000000791. The molecule has 4 nitrogen and oxygen atoms in total. The zero-order valence-electron chi connectivity index (χ0n) is 9.59. The molecule has 0 aromatic heterocycles. The molecule has 0 spiro atoms. The van der Waals surface area contributed by atoms with Crippen LogP contribution in [0.5, 0.6) is 0 Å². The van der Waals surface area contributed by atoms with Gasteiger partial charge in [0.1, 0.15) is 5.41 Å². The van der Waals surface area contributed by atoms with Gasteiger partial charge in [-0.05, 0) is 20.8 Å². The van der Waals surface area contributed by atoms with Gasteiger partial charge in [-0.2, -0.15) is 0 Å². The molecule has 4 heteroatoms. The summed E-state index contributed by atoms with van der Waals surface area (Å²) in [7, 11) is 0. The van der Waals surface area contributed by atoms with Gasteiger partial charge in [0.25, 0.3) is 0 Å². The van der Waals surface area contributed by atoms with Gasteiger partial charge in [0.2, 0.25) is 0 Å². The quantitative estimate of drug-likeness (QED) is 0.708. The van der Waals surface area contributed by atoms with E-state index in [0.29, 0.717) is 0 Å². The average Bonchev–Trinajstić information content (AvgIpc) is 2.14. The molecule has 84 valence electrons. The number of carboxylic acids is 1. The number of carboxylic acid groups (broad SMARTS) is 1. The molecule has 0 bridgehead atoms. The Morgan fingerprint density at radius 2 is 1.50 bits per heavy atom. The van der Waals surface area contributed by atoms with Crippen molar-refractivity contribution in [2.45, 2.75) is 40.4 Å². The molecular weight excluding hydrogens is 184 g/mol. The zero-order chi connectivity index (χ0) is 11.4. The number of hydrogen-bond donors (Lipinski definition) is 1. The van der Waals surface area contributed by atoms with Gasteiger partial charge in [0.15, 0.2) is 5.79 Å². The number of hydrogen-bond acceptors (Lipinski definition) is 3. The van der Waals surface area contributed by atoms with Gasteiger partial charge in [-0.25, -0.2) is 0 Å². The molecule has 1 N–H and O–H groups in total. The minimum absolute atomic E-state index is 0.204. The molecule has 0 unspecified atom stereocenters. The van der Waals surface area contributed by atoms with E-state index in [0.717, 1.165) is 0 Å². The highest BCUT2D eigenvalue weighted by atomic mass is 16.7. The minimum atomic E-state index is -0.893. The lowest BCUT2D eigenvalue weighted by Crippen LogP contribution is -2.48. The van der Waals surface area contributed by atoms with Crippen molar-refractivity contribution in [3.63, 3.8) is 0 Å². The van der Waals surface area contributed by atoms with E-state index < -0.39 is 17.2 Å². The lowest BCUT2D eigenvalue weighted by atomic mass is 9.92. The summed E-state index contributed by atoms with van der Waals surface area (Å²) in [5, 5.41) is 8.81. The van der Waals surface area contributed by atoms with Gasteiger partial charge in [-0.3, -0.25) is 4.79 Å². The maximum atomic E-state index is 10.7. The normalized spacial score (nSPS) is 23.2. The third-order valence-corrected chi connectivity index (χ3v) is 1.99. The van der Waals surface area contributed by atoms with E-state index in [2.05, 4.69) is 0 Å². The third-order valence-electron chi connectivity index (χ3n) is 1.99. The summed E-state index contributed by atoms with van der Waals surface area (Å²) in [5.74, 6) is -1.52. The van der Waals surface area contributed by atoms with E-state index in [9.17, 15) is 4.79 Å². The minimum Gasteiger partial charge on any atom is -0.481 e. The highest BCUT2D eigenvalue weighted by Gasteiger charge is 2.42. The van der Waals surface area contributed by atoms with Crippen LogP contribution in [-0.2, 0) is 14.3 Å². The smallest absolute Gasteiger partial charge is 0.314 e. The summed E-state index contributed by atoms with van der Waals surface area (Å²) in [6.45, 7) is 9.57. The van der Waals surface area contributed by atoms with Crippen LogP contribution in [0.25, 0.3) is 0 Å². The molecule has 0 aliphatic carbocycles. The molecule has 1 aliphatic heterocycles. The maximum Gasteiger partial charge on any atom is 0.314 e. The Morgan fingerprint density at radius 1 is 1.14 bits per heavy atom. The molecule has 14 heavy (non-hydrogen) atoms. The average molecular weight is 204 g/mol. The fourth-order valence-corrected chi connectivity index (χ4v) is 0.873. The van der Waals surface area contributed by atoms with Crippen LogP contribution < -0.4 is 0 Å². The molecule has 0 aromatic carbocycles. The SMILES string of the molecule is CC.CC1(C)OCC(C)(C(=O)O)CO1. The van der Waals surface area contributed by atoms with Crippen LogP contribution in [-0.4, -0.2) is 30.1 Å². The van der Waals surface area contributed by atoms with Crippen molar-refractivity contribution in [2.24, 2.45) is 5.41 Å².